The van der Waals surface area contributed by atoms with Crippen molar-refractivity contribution in [3.63, 3.8) is 0 Å². The third kappa shape index (κ3) is 2.66. The summed E-state index contributed by atoms with van der Waals surface area (Å²) < 4.78 is 50.1. The Hall–Kier alpha value is -0.660. The Labute approximate surface area is 91.0 Å². The van der Waals surface area contributed by atoms with Gasteiger partial charge in [0.1, 0.15) is 0 Å². The zero-order valence-corrected chi connectivity index (χ0v) is 8.80. The van der Waals surface area contributed by atoms with Crippen molar-refractivity contribution in [2.75, 3.05) is 0 Å². The van der Waals surface area contributed by atoms with Crippen molar-refractivity contribution in [1.82, 2.24) is 4.98 Å². The Morgan fingerprint density at radius 2 is 2.00 bits per heavy atom. The fourth-order valence-corrected chi connectivity index (χ4v) is 1.08. The van der Waals surface area contributed by atoms with Crippen LogP contribution >= 0.6 is 22.6 Å². The molecule has 0 spiro atoms. The molecule has 0 bridgehead atoms. The molecular formula is C8H4F4IN. The standard InChI is InChI=1S/C8H4F4IN/c9-6(3-13)7-2-1-5(4-14-7)8(10,11)12/h1-4H/b6-3+. The molecule has 0 atom stereocenters. The average Bonchev–Trinajstić information content (AvgIpc) is 2.15. The molecule has 0 aliphatic rings. The molecule has 1 aromatic rings. The van der Waals surface area contributed by atoms with E-state index in [4.69, 9.17) is 0 Å². The number of alkyl halides is 3. The number of rotatable bonds is 1. The van der Waals surface area contributed by atoms with E-state index in [0.29, 0.717) is 6.20 Å². The van der Waals surface area contributed by atoms with Crippen molar-refractivity contribution in [3.8, 4) is 0 Å². The predicted octanol–water partition coefficient (Wildman–Crippen LogP) is 3.80. The van der Waals surface area contributed by atoms with Crippen LogP contribution in [0.5, 0.6) is 0 Å². The molecule has 0 radical (unpaired) electrons. The zero-order chi connectivity index (χ0) is 10.8. The van der Waals surface area contributed by atoms with Crippen LogP contribution in [-0.2, 0) is 6.18 Å². The van der Waals surface area contributed by atoms with Gasteiger partial charge in [0.05, 0.1) is 11.3 Å². The van der Waals surface area contributed by atoms with Crippen LogP contribution in [0.1, 0.15) is 11.3 Å². The first-order valence-corrected chi connectivity index (χ1v) is 4.69. The highest BCUT2D eigenvalue weighted by Gasteiger charge is 2.30. The highest BCUT2D eigenvalue weighted by atomic mass is 127. The molecule has 0 aliphatic heterocycles. The lowest BCUT2D eigenvalue weighted by Gasteiger charge is -2.05. The molecule has 0 saturated carbocycles. The molecule has 0 aliphatic carbocycles. The number of pyridine rings is 1. The van der Waals surface area contributed by atoms with Gasteiger partial charge in [-0.05, 0) is 34.7 Å². The summed E-state index contributed by atoms with van der Waals surface area (Å²) >= 11 is 1.64. The molecule has 0 N–H and O–H groups in total. The van der Waals surface area contributed by atoms with Crippen LogP contribution in [0.15, 0.2) is 22.4 Å². The largest absolute Gasteiger partial charge is 0.417 e. The second kappa shape index (κ2) is 4.24. The molecular weight excluding hydrogens is 313 g/mol. The fourth-order valence-electron chi connectivity index (χ4n) is 0.759. The van der Waals surface area contributed by atoms with Gasteiger partial charge in [0.25, 0.3) is 0 Å². The number of hydrogen-bond acceptors (Lipinski definition) is 1. The summed E-state index contributed by atoms with van der Waals surface area (Å²) in [6, 6.07) is 1.79. The van der Waals surface area contributed by atoms with Crippen LogP contribution in [0.3, 0.4) is 0 Å². The van der Waals surface area contributed by atoms with Gasteiger partial charge in [-0.15, -0.1) is 0 Å². The zero-order valence-electron chi connectivity index (χ0n) is 6.65. The molecule has 0 amide bonds. The lowest BCUT2D eigenvalue weighted by atomic mass is 10.2. The first-order chi connectivity index (χ1) is 6.45. The highest BCUT2D eigenvalue weighted by molar-refractivity contribution is 14.1. The summed E-state index contributed by atoms with van der Waals surface area (Å²) in [6.07, 6.45) is -3.83. The van der Waals surface area contributed by atoms with Crippen molar-refractivity contribution in [2.45, 2.75) is 6.18 Å². The van der Waals surface area contributed by atoms with Gasteiger partial charge in [-0.25, -0.2) is 4.39 Å². The predicted molar refractivity (Wildman–Crippen MR) is 52.3 cm³/mol. The molecule has 14 heavy (non-hydrogen) atoms. The van der Waals surface area contributed by atoms with Crippen molar-refractivity contribution in [2.24, 2.45) is 0 Å². The second-order valence-corrected chi connectivity index (χ2v) is 3.01. The van der Waals surface area contributed by atoms with E-state index in [-0.39, 0.29) is 5.69 Å². The third-order valence-electron chi connectivity index (χ3n) is 1.43. The monoisotopic (exact) mass is 317 g/mol. The molecule has 1 aromatic heterocycles. The summed E-state index contributed by atoms with van der Waals surface area (Å²) in [4.78, 5) is 3.35. The van der Waals surface area contributed by atoms with Crippen LogP contribution in [0.25, 0.3) is 5.83 Å². The first-order valence-electron chi connectivity index (χ1n) is 3.44. The number of halogens is 5. The molecule has 6 heteroatoms. The Morgan fingerprint density at radius 1 is 1.36 bits per heavy atom. The molecule has 0 aromatic carbocycles. The van der Waals surface area contributed by atoms with E-state index in [1.807, 2.05) is 0 Å². The van der Waals surface area contributed by atoms with E-state index >= 15 is 0 Å². The van der Waals surface area contributed by atoms with E-state index in [1.54, 1.807) is 22.6 Å². The fraction of sp³-hybridized carbons (Fsp3) is 0.125. The number of nitrogens with zero attached hydrogens (tertiary/aromatic N) is 1. The second-order valence-electron chi connectivity index (χ2n) is 2.39. The summed E-state index contributed by atoms with van der Waals surface area (Å²) in [7, 11) is 0. The van der Waals surface area contributed by atoms with Crippen LogP contribution in [0.2, 0.25) is 0 Å². The summed E-state index contributed by atoms with van der Waals surface area (Å²) in [5, 5.41) is 0. The van der Waals surface area contributed by atoms with E-state index < -0.39 is 17.6 Å². The maximum Gasteiger partial charge on any atom is 0.417 e. The number of aromatic nitrogens is 1. The molecule has 0 saturated heterocycles. The lowest BCUT2D eigenvalue weighted by Crippen LogP contribution is -2.05. The van der Waals surface area contributed by atoms with E-state index in [2.05, 4.69) is 4.98 Å². The van der Waals surface area contributed by atoms with Gasteiger partial charge in [0.15, 0.2) is 5.83 Å². The van der Waals surface area contributed by atoms with Gasteiger partial charge < -0.3 is 0 Å². The maximum atomic E-state index is 12.8. The van der Waals surface area contributed by atoms with Gasteiger partial charge in [-0.2, -0.15) is 13.2 Å². The van der Waals surface area contributed by atoms with Gasteiger partial charge in [-0.1, -0.05) is 0 Å². The lowest BCUT2D eigenvalue weighted by molar-refractivity contribution is -0.137. The molecule has 1 rings (SSSR count). The smallest absolute Gasteiger partial charge is 0.253 e. The molecule has 76 valence electrons. The highest BCUT2D eigenvalue weighted by Crippen LogP contribution is 2.29. The van der Waals surface area contributed by atoms with E-state index in [9.17, 15) is 17.6 Å². The molecule has 0 unspecified atom stereocenters. The average molecular weight is 317 g/mol. The maximum absolute atomic E-state index is 12.8. The quantitative estimate of drug-likeness (QED) is 0.567. The van der Waals surface area contributed by atoms with Gasteiger partial charge in [0.2, 0.25) is 0 Å². The van der Waals surface area contributed by atoms with Crippen molar-refractivity contribution in [1.29, 1.82) is 0 Å². The van der Waals surface area contributed by atoms with Crippen LogP contribution < -0.4 is 0 Å². The van der Waals surface area contributed by atoms with Gasteiger partial charge >= 0.3 is 6.18 Å². The van der Waals surface area contributed by atoms with Crippen molar-refractivity contribution < 1.29 is 17.6 Å². The molecule has 0 fully saturated rings. The Balaban J connectivity index is 3.01. The van der Waals surface area contributed by atoms with Crippen molar-refractivity contribution in [3.05, 3.63) is 33.7 Å². The third-order valence-corrected chi connectivity index (χ3v) is 1.98. The summed E-state index contributed by atoms with van der Waals surface area (Å²) in [6.45, 7) is 0. The molecule has 1 heterocycles. The van der Waals surface area contributed by atoms with Crippen LogP contribution in [0, 0.1) is 0 Å². The van der Waals surface area contributed by atoms with Crippen LogP contribution in [-0.4, -0.2) is 4.98 Å². The topological polar surface area (TPSA) is 12.9 Å². The minimum Gasteiger partial charge on any atom is -0.253 e. The normalized spacial score (nSPS) is 13.1. The van der Waals surface area contributed by atoms with Crippen molar-refractivity contribution >= 4 is 28.4 Å². The Morgan fingerprint density at radius 3 is 2.36 bits per heavy atom. The summed E-state index contributed by atoms with van der Waals surface area (Å²) in [5.74, 6) is -0.653. The Bertz CT molecular complexity index is 341. The minimum atomic E-state index is -4.43. The summed E-state index contributed by atoms with van der Waals surface area (Å²) in [5.41, 5.74) is -0.991. The Kier molecular flexibility index (Phi) is 3.46. The van der Waals surface area contributed by atoms with Crippen LogP contribution in [0.4, 0.5) is 17.6 Å². The minimum absolute atomic E-state index is 0.104. The number of hydrogen-bond donors (Lipinski definition) is 0. The van der Waals surface area contributed by atoms with Gasteiger partial charge in [0, 0.05) is 10.3 Å². The molecule has 1 nitrogen and oxygen atoms in total. The first kappa shape index (κ1) is 11.4. The van der Waals surface area contributed by atoms with Gasteiger partial charge in [-0.3, -0.25) is 4.98 Å². The van der Waals surface area contributed by atoms with E-state index in [1.165, 1.54) is 0 Å². The SMILES string of the molecule is F/C(=C/I)c1ccc(C(F)(F)F)cn1. The van der Waals surface area contributed by atoms with E-state index in [0.717, 1.165) is 16.2 Å².